The first-order chi connectivity index (χ1) is 13.0. The SMILES string of the molecule is CCOCCOC(=O)c1ccc(OC(=O)COc2ccc(Br)cc2Cl)cc1. The summed E-state index contributed by atoms with van der Waals surface area (Å²) in [5.74, 6) is -0.403. The number of carbonyl (C=O) groups excluding carboxylic acids is 2. The zero-order chi connectivity index (χ0) is 19.6. The standard InChI is InChI=1S/C19H18BrClO6/c1-2-24-9-10-25-19(23)13-3-6-15(7-4-13)27-18(22)12-26-17-8-5-14(20)11-16(17)21/h3-8,11H,2,9-10,12H2,1H3. The average molecular weight is 458 g/mol. The molecule has 0 atom stereocenters. The maximum absolute atomic E-state index is 11.9. The van der Waals surface area contributed by atoms with Gasteiger partial charge >= 0.3 is 11.9 Å². The van der Waals surface area contributed by atoms with E-state index in [9.17, 15) is 9.59 Å². The summed E-state index contributed by atoms with van der Waals surface area (Å²) in [7, 11) is 0. The van der Waals surface area contributed by atoms with Gasteiger partial charge in [-0.25, -0.2) is 9.59 Å². The topological polar surface area (TPSA) is 71.1 Å². The Balaban J connectivity index is 1.81. The van der Waals surface area contributed by atoms with Crippen LogP contribution in [0.4, 0.5) is 0 Å². The van der Waals surface area contributed by atoms with Gasteiger partial charge in [0.15, 0.2) is 6.61 Å². The molecule has 0 bridgehead atoms. The highest BCUT2D eigenvalue weighted by Crippen LogP contribution is 2.27. The van der Waals surface area contributed by atoms with Crippen molar-refractivity contribution < 1.29 is 28.5 Å². The van der Waals surface area contributed by atoms with Crippen LogP contribution < -0.4 is 9.47 Å². The number of halogens is 2. The van der Waals surface area contributed by atoms with Gasteiger partial charge in [0.25, 0.3) is 0 Å². The molecule has 0 saturated heterocycles. The summed E-state index contributed by atoms with van der Waals surface area (Å²) in [6.07, 6.45) is 0. The van der Waals surface area contributed by atoms with Crippen molar-refractivity contribution in [2.75, 3.05) is 26.4 Å². The summed E-state index contributed by atoms with van der Waals surface area (Å²) in [6.45, 7) is 2.65. The second kappa shape index (κ2) is 10.9. The van der Waals surface area contributed by atoms with E-state index in [0.717, 1.165) is 4.47 Å². The molecule has 27 heavy (non-hydrogen) atoms. The molecule has 0 amide bonds. The number of hydrogen-bond donors (Lipinski definition) is 0. The van der Waals surface area contributed by atoms with Gasteiger partial charge in [0.05, 0.1) is 17.2 Å². The lowest BCUT2D eigenvalue weighted by Crippen LogP contribution is -2.18. The molecule has 0 unspecified atom stereocenters. The number of hydrogen-bond acceptors (Lipinski definition) is 6. The molecule has 2 aromatic rings. The monoisotopic (exact) mass is 456 g/mol. The van der Waals surface area contributed by atoms with E-state index in [4.69, 9.17) is 30.5 Å². The fourth-order valence-electron chi connectivity index (χ4n) is 1.97. The lowest BCUT2D eigenvalue weighted by molar-refractivity contribution is -0.136. The van der Waals surface area contributed by atoms with Crippen LogP contribution in [-0.4, -0.2) is 38.4 Å². The normalized spacial score (nSPS) is 10.3. The maximum Gasteiger partial charge on any atom is 0.349 e. The minimum absolute atomic E-state index is 0.180. The lowest BCUT2D eigenvalue weighted by Gasteiger charge is -2.09. The number of carbonyl (C=O) groups is 2. The van der Waals surface area contributed by atoms with E-state index in [1.54, 1.807) is 18.2 Å². The van der Waals surface area contributed by atoms with Crippen LogP contribution in [0.15, 0.2) is 46.9 Å². The fourth-order valence-corrected chi connectivity index (χ4v) is 2.70. The van der Waals surface area contributed by atoms with Gasteiger partial charge in [0.1, 0.15) is 18.1 Å². The third kappa shape index (κ3) is 7.21. The van der Waals surface area contributed by atoms with E-state index in [1.165, 1.54) is 24.3 Å². The van der Waals surface area contributed by atoms with E-state index in [0.29, 0.717) is 29.5 Å². The smallest absolute Gasteiger partial charge is 0.349 e. The van der Waals surface area contributed by atoms with Gasteiger partial charge in [0.2, 0.25) is 0 Å². The van der Waals surface area contributed by atoms with Gasteiger partial charge in [-0.05, 0) is 49.4 Å². The van der Waals surface area contributed by atoms with Crippen LogP contribution in [0.2, 0.25) is 5.02 Å². The van der Waals surface area contributed by atoms with Gasteiger partial charge < -0.3 is 18.9 Å². The minimum atomic E-state index is -0.596. The van der Waals surface area contributed by atoms with Crippen LogP contribution in [0.3, 0.4) is 0 Å². The van der Waals surface area contributed by atoms with Crippen molar-refractivity contribution in [3.8, 4) is 11.5 Å². The Morgan fingerprint density at radius 1 is 1.07 bits per heavy atom. The Kier molecular flexibility index (Phi) is 8.57. The Morgan fingerprint density at radius 3 is 2.48 bits per heavy atom. The van der Waals surface area contributed by atoms with Crippen molar-refractivity contribution in [2.24, 2.45) is 0 Å². The van der Waals surface area contributed by atoms with E-state index in [2.05, 4.69) is 15.9 Å². The Labute approximate surface area is 170 Å². The Bertz CT molecular complexity index is 778. The molecule has 0 aliphatic carbocycles. The van der Waals surface area contributed by atoms with Crippen LogP contribution in [0.1, 0.15) is 17.3 Å². The second-order valence-electron chi connectivity index (χ2n) is 5.19. The second-order valence-corrected chi connectivity index (χ2v) is 6.52. The molecular weight excluding hydrogens is 440 g/mol. The molecule has 0 fully saturated rings. The van der Waals surface area contributed by atoms with E-state index in [1.807, 2.05) is 6.92 Å². The number of ether oxygens (including phenoxy) is 4. The first-order valence-electron chi connectivity index (χ1n) is 8.13. The summed E-state index contributed by atoms with van der Waals surface area (Å²) in [4.78, 5) is 23.7. The molecule has 0 aromatic heterocycles. The molecule has 0 heterocycles. The largest absolute Gasteiger partial charge is 0.480 e. The van der Waals surface area contributed by atoms with Crippen molar-refractivity contribution in [3.63, 3.8) is 0 Å². The quantitative estimate of drug-likeness (QED) is 0.318. The molecule has 0 spiro atoms. The fraction of sp³-hybridized carbons (Fsp3) is 0.263. The third-order valence-electron chi connectivity index (χ3n) is 3.23. The van der Waals surface area contributed by atoms with Crippen molar-refractivity contribution in [2.45, 2.75) is 6.92 Å². The first kappa shape index (κ1) is 21.2. The zero-order valence-corrected chi connectivity index (χ0v) is 16.9. The average Bonchev–Trinajstić information content (AvgIpc) is 2.65. The highest BCUT2D eigenvalue weighted by molar-refractivity contribution is 9.10. The maximum atomic E-state index is 11.9. The molecule has 144 valence electrons. The molecule has 0 N–H and O–H groups in total. The van der Waals surface area contributed by atoms with Gasteiger partial charge in [-0.2, -0.15) is 0 Å². The molecular formula is C19H18BrClO6. The van der Waals surface area contributed by atoms with Crippen LogP contribution in [0.5, 0.6) is 11.5 Å². The highest BCUT2D eigenvalue weighted by atomic mass is 79.9. The summed E-state index contributed by atoms with van der Waals surface area (Å²) in [5, 5.41) is 0.379. The number of benzene rings is 2. The van der Waals surface area contributed by atoms with Crippen molar-refractivity contribution in [1.29, 1.82) is 0 Å². The third-order valence-corrected chi connectivity index (χ3v) is 4.01. The van der Waals surface area contributed by atoms with Gasteiger partial charge in [-0.3, -0.25) is 0 Å². The molecule has 6 nitrogen and oxygen atoms in total. The van der Waals surface area contributed by atoms with E-state index in [-0.39, 0.29) is 19.0 Å². The van der Waals surface area contributed by atoms with Crippen molar-refractivity contribution in [3.05, 3.63) is 57.5 Å². The number of esters is 2. The highest BCUT2D eigenvalue weighted by Gasteiger charge is 2.11. The Hall–Kier alpha value is -2.09. The molecule has 2 rings (SSSR count). The van der Waals surface area contributed by atoms with Crippen LogP contribution in [0.25, 0.3) is 0 Å². The molecule has 0 aliphatic heterocycles. The summed E-state index contributed by atoms with van der Waals surface area (Å²) >= 11 is 9.30. The van der Waals surface area contributed by atoms with E-state index < -0.39 is 11.9 Å². The van der Waals surface area contributed by atoms with Crippen LogP contribution in [-0.2, 0) is 14.3 Å². The van der Waals surface area contributed by atoms with Crippen LogP contribution in [0, 0.1) is 0 Å². The van der Waals surface area contributed by atoms with E-state index >= 15 is 0 Å². The predicted octanol–water partition coefficient (Wildman–Crippen LogP) is 4.28. The molecule has 8 heteroatoms. The molecule has 0 aliphatic rings. The summed E-state index contributed by atoms with van der Waals surface area (Å²) in [6, 6.07) is 11.1. The van der Waals surface area contributed by atoms with Gasteiger partial charge in [-0.1, -0.05) is 27.5 Å². The molecule has 2 aromatic carbocycles. The van der Waals surface area contributed by atoms with Gasteiger partial charge in [0, 0.05) is 11.1 Å². The summed E-state index contributed by atoms with van der Waals surface area (Å²) in [5.41, 5.74) is 0.351. The van der Waals surface area contributed by atoms with Gasteiger partial charge in [-0.15, -0.1) is 0 Å². The number of rotatable bonds is 9. The lowest BCUT2D eigenvalue weighted by atomic mass is 10.2. The molecule has 0 radical (unpaired) electrons. The van der Waals surface area contributed by atoms with Crippen molar-refractivity contribution >= 4 is 39.5 Å². The molecule has 0 saturated carbocycles. The minimum Gasteiger partial charge on any atom is -0.480 e. The first-order valence-corrected chi connectivity index (χ1v) is 9.30. The Morgan fingerprint density at radius 2 is 1.81 bits per heavy atom. The van der Waals surface area contributed by atoms with Crippen LogP contribution >= 0.6 is 27.5 Å². The van der Waals surface area contributed by atoms with Crippen molar-refractivity contribution in [1.82, 2.24) is 0 Å². The summed E-state index contributed by atoms with van der Waals surface area (Å²) < 4.78 is 21.4. The predicted molar refractivity (Wildman–Crippen MR) is 103 cm³/mol. The zero-order valence-electron chi connectivity index (χ0n) is 14.6.